The summed E-state index contributed by atoms with van der Waals surface area (Å²) in [6, 6.07) is 8.35. The number of amides is 1. The lowest BCUT2D eigenvalue weighted by Crippen LogP contribution is -2.33. The lowest BCUT2D eigenvalue weighted by atomic mass is 10.1. The molecule has 1 aromatic carbocycles. The Morgan fingerprint density at radius 1 is 1.23 bits per heavy atom. The molecule has 0 saturated carbocycles. The van der Waals surface area contributed by atoms with E-state index in [4.69, 9.17) is 4.98 Å². The lowest BCUT2D eigenvalue weighted by molar-refractivity contribution is 0.0980. The average molecular weight is 450 g/mol. The van der Waals surface area contributed by atoms with Crippen LogP contribution in [-0.2, 0) is 6.42 Å². The minimum absolute atomic E-state index is 0. The van der Waals surface area contributed by atoms with Gasteiger partial charge in [-0.15, -0.1) is 12.4 Å². The van der Waals surface area contributed by atoms with Crippen molar-refractivity contribution in [1.82, 2.24) is 19.7 Å². The molecule has 0 saturated heterocycles. The third-order valence-electron chi connectivity index (χ3n) is 4.97. The summed E-state index contributed by atoms with van der Waals surface area (Å²) in [6.07, 6.45) is 1.80. The van der Waals surface area contributed by atoms with Crippen LogP contribution in [0.3, 0.4) is 0 Å². The second kappa shape index (κ2) is 10.4. The summed E-state index contributed by atoms with van der Waals surface area (Å²) >= 11 is 1.58. The maximum absolute atomic E-state index is 13.4. The first-order chi connectivity index (χ1) is 13.8. The number of hydrogen-bond donors (Lipinski definition) is 0. The van der Waals surface area contributed by atoms with E-state index in [0.717, 1.165) is 40.4 Å². The Morgan fingerprint density at radius 3 is 2.57 bits per heavy atom. The van der Waals surface area contributed by atoms with Gasteiger partial charge in [0.1, 0.15) is 0 Å². The highest BCUT2D eigenvalue weighted by atomic mass is 35.5. The molecule has 0 spiro atoms. The molecular formula is C22H32ClN5OS. The first-order valence-corrected chi connectivity index (χ1v) is 11.0. The molecule has 164 valence electrons. The Morgan fingerprint density at radius 2 is 1.97 bits per heavy atom. The van der Waals surface area contributed by atoms with Crippen molar-refractivity contribution in [3.8, 4) is 0 Å². The third-order valence-corrected chi connectivity index (χ3v) is 6.01. The summed E-state index contributed by atoms with van der Waals surface area (Å²) in [5, 5.41) is 5.33. The van der Waals surface area contributed by atoms with Crippen LogP contribution in [0, 0.1) is 6.92 Å². The fourth-order valence-corrected chi connectivity index (χ4v) is 4.52. The van der Waals surface area contributed by atoms with E-state index < -0.39 is 0 Å². The van der Waals surface area contributed by atoms with Crippen LogP contribution in [0.25, 0.3) is 10.2 Å². The molecule has 0 N–H and O–H groups in total. The molecule has 0 bridgehead atoms. The Hall–Kier alpha value is -1.96. The van der Waals surface area contributed by atoms with Gasteiger partial charge in [-0.2, -0.15) is 5.10 Å². The van der Waals surface area contributed by atoms with E-state index in [1.807, 2.05) is 31.8 Å². The summed E-state index contributed by atoms with van der Waals surface area (Å²) in [5.41, 5.74) is 3.69. The quantitative estimate of drug-likeness (QED) is 0.487. The number of benzene rings is 1. The molecule has 8 heteroatoms. The van der Waals surface area contributed by atoms with Gasteiger partial charge >= 0.3 is 0 Å². The summed E-state index contributed by atoms with van der Waals surface area (Å²) in [7, 11) is 4.09. The van der Waals surface area contributed by atoms with E-state index in [-0.39, 0.29) is 24.4 Å². The summed E-state index contributed by atoms with van der Waals surface area (Å²) in [5.74, 6) is -0.0802. The molecular weight excluding hydrogens is 418 g/mol. The number of fused-ring (bicyclic) bond motifs is 1. The van der Waals surface area contributed by atoms with Crippen molar-refractivity contribution in [1.29, 1.82) is 0 Å². The van der Waals surface area contributed by atoms with Crippen molar-refractivity contribution in [2.45, 2.75) is 46.6 Å². The molecule has 3 aromatic rings. The monoisotopic (exact) mass is 449 g/mol. The van der Waals surface area contributed by atoms with Gasteiger partial charge in [-0.25, -0.2) is 4.98 Å². The van der Waals surface area contributed by atoms with E-state index in [1.165, 1.54) is 5.56 Å². The van der Waals surface area contributed by atoms with Crippen LogP contribution in [0.5, 0.6) is 0 Å². The Kier molecular flexibility index (Phi) is 8.41. The van der Waals surface area contributed by atoms with Crippen LogP contribution in [0.1, 0.15) is 55.0 Å². The van der Waals surface area contributed by atoms with Gasteiger partial charge in [0.15, 0.2) is 10.8 Å². The number of nitrogens with zero attached hydrogens (tertiary/aromatic N) is 5. The molecule has 1 amide bonds. The van der Waals surface area contributed by atoms with Gasteiger partial charge in [0.05, 0.1) is 10.2 Å². The molecule has 6 nitrogen and oxygen atoms in total. The zero-order valence-electron chi connectivity index (χ0n) is 18.7. The highest BCUT2D eigenvalue weighted by Crippen LogP contribution is 2.32. The number of halogens is 1. The molecule has 2 aromatic heterocycles. The van der Waals surface area contributed by atoms with Crippen molar-refractivity contribution < 1.29 is 4.79 Å². The van der Waals surface area contributed by atoms with Crippen molar-refractivity contribution >= 4 is 45.0 Å². The highest BCUT2D eigenvalue weighted by Gasteiger charge is 2.24. The van der Waals surface area contributed by atoms with Crippen molar-refractivity contribution in [3.05, 3.63) is 41.2 Å². The molecule has 0 aliphatic carbocycles. The Bertz CT molecular complexity index is 995. The molecule has 0 atom stereocenters. The van der Waals surface area contributed by atoms with Gasteiger partial charge in [-0.05, 0) is 71.9 Å². The maximum atomic E-state index is 13.4. The molecule has 0 unspecified atom stereocenters. The topological polar surface area (TPSA) is 54.3 Å². The molecule has 30 heavy (non-hydrogen) atoms. The fraction of sp³-hybridized carbons (Fsp3) is 0.500. The largest absolute Gasteiger partial charge is 0.309 e. The standard InChI is InChI=1S/C22H31N5OS.ClH/c1-7-17-10-8-11-19-20(17)23-22(29-19)26(13-9-12-25(5)6)21(28)18-14-16(4)27(24-18)15(2)3;/h8,10-11,14-15H,7,9,12-13H2,1-6H3;1H. The predicted molar refractivity (Wildman–Crippen MR) is 128 cm³/mol. The van der Waals surface area contributed by atoms with Gasteiger partial charge in [0, 0.05) is 18.3 Å². The SMILES string of the molecule is CCc1cccc2sc(N(CCCN(C)C)C(=O)c3cc(C)n(C(C)C)n3)nc12.Cl. The van der Waals surface area contributed by atoms with Crippen molar-refractivity contribution in [3.63, 3.8) is 0 Å². The van der Waals surface area contributed by atoms with Crippen molar-refractivity contribution in [2.75, 3.05) is 32.1 Å². The lowest BCUT2D eigenvalue weighted by Gasteiger charge is -2.20. The fourth-order valence-electron chi connectivity index (χ4n) is 3.48. The maximum Gasteiger partial charge on any atom is 0.280 e. The van der Waals surface area contributed by atoms with E-state index >= 15 is 0 Å². The van der Waals surface area contributed by atoms with Crippen LogP contribution in [0.4, 0.5) is 5.13 Å². The summed E-state index contributed by atoms with van der Waals surface area (Å²) in [6.45, 7) is 9.80. The average Bonchev–Trinajstić information content (AvgIpc) is 3.27. The minimum Gasteiger partial charge on any atom is -0.309 e. The van der Waals surface area contributed by atoms with Gasteiger partial charge in [0.2, 0.25) is 0 Å². The number of rotatable bonds is 8. The normalized spacial score (nSPS) is 11.3. The van der Waals surface area contributed by atoms with Crippen LogP contribution in [0.2, 0.25) is 0 Å². The van der Waals surface area contributed by atoms with Crippen LogP contribution >= 0.6 is 23.7 Å². The first kappa shape index (κ1) is 24.3. The number of aryl methyl sites for hydroxylation is 2. The van der Waals surface area contributed by atoms with Gasteiger partial charge in [-0.1, -0.05) is 30.4 Å². The zero-order chi connectivity index (χ0) is 21.1. The number of carbonyl (C=O) groups is 1. The minimum atomic E-state index is -0.0802. The molecule has 3 rings (SSSR count). The summed E-state index contributed by atoms with van der Waals surface area (Å²) < 4.78 is 3.02. The van der Waals surface area contributed by atoms with Gasteiger partial charge in [-0.3, -0.25) is 14.4 Å². The number of aromatic nitrogens is 3. The van der Waals surface area contributed by atoms with Crippen LogP contribution in [-0.4, -0.2) is 52.8 Å². The van der Waals surface area contributed by atoms with E-state index in [2.05, 4.69) is 49.0 Å². The highest BCUT2D eigenvalue weighted by molar-refractivity contribution is 7.22. The first-order valence-electron chi connectivity index (χ1n) is 10.2. The van der Waals surface area contributed by atoms with Crippen molar-refractivity contribution in [2.24, 2.45) is 0 Å². The van der Waals surface area contributed by atoms with E-state index in [1.54, 1.807) is 16.2 Å². The zero-order valence-corrected chi connectivity index (χ0v) is 20.3. The number of anilines is 1. The van der Waals surface area contributed by atoms with E-state index in [0.29, 0.717) is 12.2 Å². The number of hydrogen-bond acceptors (Lipinski definition) is 5. The second-order valence-corrected chi connectivity index (χ2v) is 8.95. The number of carbonyl (C=O) groups excluding carboxylic acids is 1. The molecule has 0 aliphatic rings. The molecule has 0 aliphatic heterocycles. The molecule has 2 heterocycles. The predicted octanol–water partition coefficient (Wildman–Crippen LogP) is 4.96. The Labute approximate surface area is 189 Å². The molecule has 0 radical (unpaired) electrons. The van der Waals surface area contributed by atoms with E-state index in [9.17, 15) is 4.79 Å². The third kappa shape index (κ3) is 5.20. The second-order valence-electron chi connectivity index (χ2n) is 7.94. The number of para-hydroxylation sites is 1. The smallest absolute Gasteiger partial charge is 0.280 e. The Balaban J connectivity index is 0.00000320. The summed E-state index contributed by atoms with van der Waals surface area (Å²) in [4.78, 5) is 22.2. The number of thiazole rings is 1. The van der Waals surface area contributed by atoms with Gasteiger partial charge in [0.25, 0.3) is 5.91 Å². The van der Waals surface area contributed by atoms with Crippen LogP contribution in [0.15, 0.2) is 24.3 Å². The van der Waals surface area contributed by atoms with Crippen LogP contribution < -0.4 is 4.90 Å². The van der Waals surface area contributed by atoms with Gasteiger partial charge < -0.3 is 4.90 Å². The molecule has 0 fully saturated rings.